The zero-order chi connectivity index (χ0) is 17.6. The van der Waals surface area contributed by atoms with Crippen LogP contribution in [-0.4, -0.2) is 35.4 Å². The van der Waals surface area contributed by atoms with E-state index in [0.717, 1.165) is 31.4 Å². The van der Waals surface area contributed by atoms with Gasteiger partial charge in [-0.1, -0.05) is 58.4 Å². The predicted octanol–water partition coefficient (Wildman–Crippen LogP) is 4.98. The molecule has 0 saturated carbocycles. The van der Waals surface area contributed by atoms with Crippen molar-refractivity contribution in [2.45, 2.75) is 77.3 Å². The molecule has 0 unspecified atom stereocenters. The summed E-state index contributed by atoms with van der Waals surface area (Å²) in [7, 11) is 1.69. The van der Waals surface area contributed by atoms with Crippen LogP contribution in [0.3, 0.4) is 0 Å². The number of hydrogen-bond donors (Lipinski definition) is 0. The summed E-state index contributed by atoms with van der Waals surface area (Å²) in [6, 6.07) is 2.19. The van der Waals surface area contributed by atoms with Crippen LogP contribution >= 0.6 is 0 Å². The van der Waals surface area contributed by atoms with Gasteiger partial charge in [0.15, 0.2) is 0 Å². The van der Waals surface area contributed by atoms with Gasteiger partial charge in [0.1, 0.15) is 0 Å². The van der Waals surface area contributed by atoms with Crippen LogP contribution in [-0.2, 0) is 18.4 Å². The normalized spacial score (nSPS) is 11.5. The summed E-state index contributed by atoms with van der Waals surface area (Å²) in [6.07, 6.45) is 9.35. The van der Waals surface area contributed by atoms with Crippen LogP contribution in [0.4, 0.5) is 0 Å². The van der Waals surface area contributed by atoms with Gasteiger partial charge in [-0.05, 0) is 25.4 Å². The molecule has 4 nitrogen and oxygen atoms in total. The first kappa shape index (κ1) is 22.3. The Morgan fingerprint density at radius 2 is 1.43 bits per heavy atom. The first-order valence-corrected chi connectivity index (χ1v) is 11.2. The third-order valence-corrected chi connectivity index (χ3v) is 8.02. The fourth-order valence-electron chi connectivity index (χ4n) is 2.67. The first-order chi connectivity index (χ1) is 11.0. The van der Waals surface area contributed by atoms with E-state index in [1.807, 2.05) is 0 Å². The van der Waals surface area contributed by atoms with Crippen LogP contribution in [0.5, 0.6) is 0 Å². The Hall–Kier alpha value is -0.653. The monoisotopic (exact) mass is 344 g/mol. The fraction of sp³-hybridized carbons (Fsp3) is 0.833. The maximum absolute atomic E-state index is 11.2. The Balaban J connectivity index is 3.52. The lowest BCUT2D eigenvalue weighted by molar-refractivity contribution is -0.139. The van der Waals surface area contributed by atoms with E-state index in [2.05, 4.69) is 13.5 Å². The van der Waals surface area contributed by atoms with Gasteiger partial charge in [-0.3, -0.25) is 0 Å². The van der Waals surface area contributed by atoms with Crippen molar-refractivity contribution >= 4 is 14.5 Å². The van der Waals surface area contributed by atoms with Gasteiger partial charge in [-0.2, -0.15) is 0 Å². The van der Waals surface area contributed by atoms with Gasteiger partial charge in [-0.15, -0.1) is 0 Å². The summed E-state index contributed by atoms with van der Waals surface area (Å²) in [5, 5.41) is 0. The van der Waals surface area contributed by atoms with Crippen LogP contribution in [0.2, 0.25) is 12.1 Å². The summed E-state index contributed by atoms with van der Waals surface area (Å²) < 4.78 is 16.5. The molecule has 23 heavy (non-hydrogen) atoms. The quantitative estimate of drug-likeness (QED) is 0.182. The Kier molecular flexibility index (Phi) is 13.4. The molecule has 136 valence electrons. The fourth-order valence-corrected chi connectivity index (χ4v) is 5.45. The van der Waals surface area contributed by atoms with Crippen molar-refractivity contribution in [3.63, 3.8) is 0 Å². The second-order valence-corrected chi connectivity index (χ2v) is 9.85. The highest BCUT2D eigenvalue weighted by molar-refractivity contribution is 6.67. The Bertz CT molecular complexity index is 327. The van der Waals surface area contributed by atoms with E-state index < -0.39 is 8.56 Å². The van der Waals surface area contributed by atoms with Gasteiger partial charge in [0, 0.05) is 19.8 Å². The molecular weight excluding hydrogens is 308 g/mol. The van der Waals surface area contributed by atoms with Crippen LogP contribution in [0, 0.1) is 0 Å². The molecule has 0 fully saturated rings. The van der Waals surface area contributed by atoms with E-state index in [-0.39, 0.29) is 5.97 Å². The first-order valence-electron chi connectivity index (χ1n) is 8.94. The lowest BCUT2D eigenvalue weighted by Crippen LogP contribution is -2.39. The van der Waals surface area contributed by atoms with E-state index >= 15 is 0 Å². The van der Waals surface area contributed by atoms with Crippen LogP contribution in [0.1, 0.15) is 65.2 Å². The number of rotatable bonds is 15. The van der Waals surface area contributed by atoms with Crippen molar-refractivity contribution in [1.29, 1.82) is 0 Å². The summed E-state index contributed by atoms with van der Waals surface area (Å²) in [5.74, 6) is -0.277. The zero-order valence-electron chi connectivity index (χ0n) is 15.6. The van der Waals surface area contributed by atoms with E-state index in [0.29, 0.717) is 12.2 Å². The van der Waals surface area contributed by atoms with Gasteiger partial charge in [0.2, 0.25) is 0 Å². The van der Waals surface area contributed by atoms with Crippen LogP contribution in [0.15, 0.2) is 12.2 Å². The average molecular weight is 345 g/mol. The van der Waals surface area contributed by atoms with Gasteiger partial charge in [-0.25, -0.2) is 4.79 Å². The number of esters is 1. The van der Waals surface area contributed by atoms with Crippen molar-refractivity contribution in [3.8, 4) is 0 Å². The molecule has 0 aromatic carbocycles. The highest BCUT2D eigenvalue weighted by Gasteiger charge is 2.33. The van der Waals surface area contributed by atoms with Crippen molar-refractivity contribution in [2.75, 3.05) is 20.8 Å². The molecule has 0 saturated heterocycles. The summed E-state index contributed by atoms with van der Waals surface area (Å²) in [6.45, 7) is 7.94. The number of carbonyl (C=O) groups excluding carboxylic acids is 1. The molecule has 0 bridgehead atoms. The zero-order valence-corrected chi connectivity index (χ0v) is 16.6. The van der Waals surface area contributed by atoms with Crippen molar-refractivity contribution in [1.82, 2.24) is 0 Å². The minimum atomic E-state index is -1.91. The van der Waals surface area contributed by atoms with Gasteiger partial charge in [0.25, 0.3) is 0 Å². The van der Waals surface area contributed by atoms with E-state index in [9.17, 15) is 4.79 Å². The van der Waals surface area contributed by atoms with Crippen molar-refractivity contribution < 1.29 is 18.4 Å². The molecule has 0 heterocycles. The highest BCUT2D eigenvalue weighted by atomic mass is 28.4. The van der Waals surface area contributed by atoms with Crippen molar-refractivity contribution in [3.05, 3.63) is 12.2 Å². The second-order valence-electron chi connectivity index (χ2n) is 6.21. The molecule has 0 aliphatic heterocycles. The SMILES string of the molecule is C=C(C)C(=O)OCCCCCCCCC[Si](CCC)(OC)OC. The van der Waals surface area contributed by atoms with E-state index in [1.165, 1.54) is 32.1 Å². The third-order valence-electron chi connectivity index (χ3n) is 4.16. The Morgan fingerprint density at radius 1 is 0.913 bits per heavy atom. The molecule has 0 rings (SSSR count). The van der Waals surface area contributed by atoms with Gasteiger partial charge in [0.05, 0.1) is 6.61 Å². The lowest BCUT2D eigenvalue weighted by Gasteiger charge is -2.27. The third kappa shape index (κ3) is 10.7. The molecule has 0 aliphatic rings. The summed E-state index contributed by atoms with van der Waals surface area (Å²) >= 11 is 0. The summed E-state index contributed by atoms with van der Waals surface area (Å²) in [5.41, 5.74) is 0.472. The molecule has 0 spiro atoms. The average Bonchev–Trinajstić information content (AvgIpc) is 2.55. The van der Waals surface area contributed by atoms with E-state index in [1.54, 1.807) is 21.1 Å². The molecule has 0 aliphatic carbocycles. The number of ether oxygens (including phenoxy) is 1. The Morgan fingerprint density at radius 3 is 1.91 bits per heavy atom. The van der Waals surface area contributed by atoms with Gasteiger partial charge >= 0.3 is 14.5 Å². The molecule has 0 aromatic rings. The van der Waals surface area contributed by atoms with Crippen molar-refractivity contribution in [2.24, 2.45) is 0 Å². The second kappa shape index (κ2) is 13.8. The maximum atomic E-state index is 11.2. The smallest absolute Gasteiger partial charge is 0.337 e. The lowest BCUT2D eigenvalue weighted by atomic mass is 10.1. The minimum Gasteiger partial charge on any atom is -0.462 e. The molecule has 0 atom stereocenters. The topological polar surface area (TPSA) is 44.8 Å². The number of unbranched alkanes of at least 4 members (excludes halogenated alkanes) is 6. The largest absolute Gasteiger partial charge is 0.462 e. The molecule has 0 aromatic heterocycles. The molecule has 0 amide bonds. The molecular formula is C18H36O4Si. The number of hydrogen-bond acceptors (Lipinski definition) is 4. The molecule has 0 radical (unpaired) electrons. The molecule has 5 heteroatoms. The maximum Gasteiger partial charge on any atom is 0.337 e. The van der Waals surface area contributed by atoms with Gasteiger partial charge < -0.3 is 13.6 Å². The number of carbonyl (C=O) groups is 1. The highest BCUT2D eigenvalue weighted by Crippen LogP contribution is 2.23. The predicted molar refractivity (Wildman–Crippen MR) is 97.8 cm³/mol. The summed E-state index contributed by atoms with van der Waals surface area (Å²) in [4.78, 5) is 11.2. The minimum absolute atomic E-state index is 0.277. The van der Waals surface area contributed by atoms with Crippen LogP contribution in [0.25, 0.3) is 0 Å². The van der Waals surface area contributed by atoms with Crippen LogP contribution < -0.4 is 0 Å². The van der Waals surface area contributed by atoms with E-state index in [4.69, 9.17) is 13.6 Å². The Labute approximate surface area is 143 Å². The molecule has 0 N–H and O–H groups in total. The standard InChI is InChI=1S/C18H36O4Si/c1-6-15-23(20-4,21-5)16-13-11-9-7-8-10-12-14-22-18(19)17(2)3/h2,6-16H2,1,3-5H3.